The van der Waals surface area contributed by atoms with Gasteiger partial charge in [-0.1, -0.05) is 18.2 Å². The summed E-state index contributed by atoms with van der Waals surface area (Å²) in [4.78, 5) is 24.0. The number of carbonyl (C=O) groups is 1. The second kappa shape index (κ2) is 7.16. The number of hydrogen-bond acceptors (Lipinski definition) is 6. The fourth-order valence-electron chi connectivity index (χ4n) is 2.59. The van der Waals surface area contributed by atoms with E-state index in [0.29, 0.717) is 5.56 Å². The van der Waals surface area contributed by atoms with Crippen LogP contribution in [-0.2, 0) is 22.7 Å². The summed E-state index contributed by atoms with van der Waals surface area (Å²) in [7, 11) is 0. The molecule has 6 nitrogen and oxygen atoms in total. The molecule has 0 unspecified atom stereocenters. The van der Waals surface area contributed by atoms with Gasteiger partial charge in [-0.15, -0.1) is 16.4 Å². The topological polar surface area (TPSA) is 74.3 Å². The highest BCUT2D eigenvalue weighted by Crippen LogP contribution is 2.26. The summed E-state index contributed by atoms with van der Waals surface area (Å²) >= 11 is 1.57. The van der Waals surface area contributed by atoms with Crippen molar-refractivity contribution in [3.63, 3.8) is 0 Å². The number of halogens is 1. The Kier molecular flexibility index (Phi) is 4.55. The minimum absolute atomic E-state index is 0.0108. The molecule has 2 aromatic heterocycles. The Hall–Kier alpha value is -3.26. The fourth-order valence-corrected chi connectivity index (χ4v) is 3.53. The van der Waals surface area contributed by atoms with Crippen molar-refractivity contribution in [2.75, 3.05) is 0 Å². The molecule has 0 aliphatic rings. The molecular weight excluding hydrogens is 371 g/mol. The van der Waals surface area contributed by atoms with Crippen LogP contribution in [0, 0.1) is 5.82 Å². The van der Waals surface area contributed by atoms with Crippen LogP contribution in [0.2, 0.25) is 0 Å². The predicted molar refractivity (Wildman–Crippen MR) is 97.8 cm³/mol. The van der Waals surface area contributed by atoms with Crippen molar-refractivity contribution in [1.82, 2.24) is 9.78 Å². The van der Waals surface area contributed by atoms with E-state index in [2.05, 4.69) is 5.10 Å². The quantitative estimate of drug-likeness (QED) is 0.492. The van der Waals surface area contributed by atoms with Crippen molar-refractivity contribution in [2.24, 2.45) is 0 Å². The van der Waals surface area contributed by atoms with E-state index in [9.17, 15) is 14.0 Å². The molecular formula is C19H13FN2O4S. The Morgan fingerprint density at radius 3 is 2.78 bits per heavy atom. The summed E-state index contributed by atoms with van der Waals surface area (Å²) in [5.41, 5.74) is 1.34. The summed E-state index contributed by atoms with van der Waals surface area (Å²) in [6.07, 6.45) is 0. The van der Waals surface area contributed by atoms with Crippen LogP contribution < -0.4 is 5.76 Å². The molecule has 0 fully saturated rings. The van der Waals surface area contributed by atoms with Crippen LogP contribution in [-0.4, -0.2) is 15.7 Å². The van der Waals surface area contributed by atoms with Gasteiger partial charge in [0.2, 0.25) is 5.89 Å². The van der Waals surface area contributed by atoms with Gasteiger partial charge in [0, 0.05) is 15.8 Å². The number of esters is 1. The van der Waals surface area contributed by atoms with Crippen LogP contribution in [0.25, 0.3) is 21.5 Å². The molecule has 136 valence electrons. The standard InChI is InChI=1S/C19H13FN2O4S/c20-14-7-5-12(6-8-14)18-21-22(19(24)26-18)9-17(23)25-10-13-11-27-16-4-2-1-3-15(13)16/h1-8,11H,9-10H2. The zero-order valence-corrected chi connectivity index (χ0v) is 14.7. The number of carbonyl (C=O) groups excluding carboxylic acids is 1. The molecule has 4 aromatic rings. The summed E-state index contributed by atoms with van der Waals surface area (Å²) in [5, 5.41) is 6.93. The summed E-state index contributed by atoms with van der Waals surface area (Å²) in [6, 6.07) is 13.2. The van der Waals surface area contributed by atoms with Gasteiger partial charge in [0.05, 0.1) is 0 Å². The fraction of sp³-hybridized carbons (Fsp3) is 0.105. The van der Waals surface area contributed by atoms with Crippen molar-refractivity contribution >= 4 is 27.4 Å². The van der Waals surface area contributed by atoms with Gasteiger partial charge < -0.3 is 9.15 Å². The maximum absolute atomic E-state index is 13.0. The van der Waals surface area contributed by atoms with Crippen LogP contribution in [0.5, 0.6) is 0 Å². The smallest absolute Gasteiger partial charge is 0.437 e. The second-order valence-electron chi connectivity index (χ2n) is 5.76. The van der Waals surface area contributed by atoms with Gasteiger partial charge in [0.1, 0.15) is 19.0 Å². The first-order chi connectivity index (χ1) is 13.1. The summed E-state index contributed by atoms with van der Waals surface area (Å²) in [6.45, 7) is -0.258. The zero-order chi connectivity index (χ0) is 18.8. The van der Waals surface area contributed by atoms with Crippen LogP contribution in [0.3, 0.4) is 0 Å². The molecule has 0 spiro atoms. The molecule has 0 aliphatic heterocycles. The van der Waals surface area contributed by atoms with Crippen LogP contribution in [0.4, 0.5) is 4.39 Å². The minimum Gasteiger partial charge on any atom is -0.459 e. The number of rotatable bonds is 5. The van der Waals surface area contributed by atoms with E-state index in [-0.39, 0.29) is 19.0 Å². The molecule has 0 aliphatic carbocycles. The maximum Gasteiger partial charge on any atom is 0.437 e. The van der Waals surface area contributed by atoms with E-state index in [1.807, 2.05) is 29.6 Å². The lowest BCUT2D eigenvalue weighted by molar-refractivity contribution is -0.145. The first-order valence-electron chi connectivity index (χ1n) is 8.05. The van der Waals surface area contributed by atoms with Gasteiger partial charge in [-0.25, -0.2) is 9.18 Å². The van der Waals surface area contributed by atoms with E-state index >= 15 is 0 Å². The molecule has 4 rings (SSSR count). The molecule has 8 heteroatoms. The monoisotopic (exact) mass is 384 g/mol. The Labute approximate surface area is 156 Å². The van der Waals surface area contributed by atoms with E-state index in [1.54, 1.807) is 11.3 Å². The highest BCUT2D eigenvalue weighted by atomic mass is 32.1. The normalized spacial score (nSPS) is 11.0. The van der Waals surface area contributed by atoms with Gasteiger partial charge in [-0.2, -0.15) is 4.68 Å². The lowest BCUT2D eigenvalue weighted by Crippen LogP contribution is -2.22. The first kappa shape index (κ1) is 17.2. The first-order valence-corrected chi connectivity index (χ1v) is 8.93. The lowest BCUT2D eigenvalue weighted by Gasteiger charge is -2.03. The third-order valence-electron chi connectivity index (χ3n) is 3.93. The summed E-state index contributed by atoms with van der Waals surface area (Å²) < 4.78 is 25.3. The van der Waals surface area contributed by atoms with Crippen LogP contribution in [0.1, 0.15) is 5.56 Å². The number of aromatic nitrogens is 2. The third-order valence-corrected chi connectivity index (χ3v) is 4.94. The van der Waals surface area contributed by atoms with Gasteiger partial charge >= 0.3 is 11.7 Å². The van der Waals surface area contributed by atoms with E-state index < -0.39 is 17.5 Å². The molecule has 0 radical (unpaired) electrons. The second-order valence-corrected chi connectivity index (χ2v) is 6.67. The van der Waals surface area contributed by atoms with Gasteiger partial charge in [0.25, 0.3) is 0 Å². The minimum atomic E-state index is -0.785. The predicted octanol–water partition coefficient (Wildman–Crippen LogP) is 3.60. The van der Waals surface area contributed by atoms with Crippen molar-refractivity contribution in [1.29, 1.82) is 0 Å². The zero-order valence-electron chi connectivity index (χ0n) is 13.9. The Balaban J connectivity index is 1.44. The Morgan fingerprint density at radius 1 is 1.19 bits per heavy atom. The maximum atomic E-state index is 13.0. The molecule has 0 bridgehead atoms. The van der Waals surface area contributed by atoms with Crippen molar-refractivity contribution in [3.8, 4) is 11.5 Å². The van der Waals surface area contributed by atoms with Crippen LogP contribution >= 0.6 is 11.3 Å². The molecule has 0 N–H and O–H groups in total. The van der Waals surface area contributed by atoms with Gasteiger partial charge in [-0.3, -0.25) is 4.79 Å². The van der Waals surface area contributed by atoms with Crippen molar-refractivity contribution < 1.29 is 18.3 Å². The molecule has 0 saturated heterocycles. The number of benzene rings is 2. The molecule has 0 amide bonds. The highest BCUT2D eigenvalue weighted by Gasteiger charge is 2.15. The molecule has 0 atom stereocenters. The number of nitrogens with zero attached hydrogens (tertiary/aromatic N) is 2. The number of fused-ring (bicyclic) bond motifs is 1. The average Bonchev–Trinajstić information content (AvgIpc) is 3.24. The number of thiophene rings is 1. The van der Waals surface area contributed by atoms with Crippen molar-refractivity contribution in [2.45, 2.75) is 13.2 Å². The number of ether oxygens (including phenoxy) is 1. The van der Waals surface area contributed by atoms with E-state index in [1.165, 1.54) is 24.3 Å². The largest absolute Gasteiger partial charge is 0.459 e. The average molecular weight is 384 g/mol. The van der Waals surface area contributed by atoms with Crippen LogP contribution in [0.15, 0.2) is 63.1 Å². The molecule has 2 aromatic carbocycles. The van der Waals surface area contributed by atoms with Gasteiger partial charge in [-0.05, 0) is 41.1 Å². The number of hydrogen-bond donors (Lipinski definition) is 0. The highest BCUT2D eigenvalue weighted by molar-refractivity contribution is 7.17. The SMILES string of the molecule is O=C(Cn1nc(-c2ccc(F)cc2)oc1=O)OCc1csc2ccccc12. The third kappa shape index (κ3) is 3.65. The van der Waals surface area contributed by atoms with E-state index in [0.717, 1.165) is 20.3 Å². The Morgan fingerprint density at radius 2 is 1.96 bits per heavy atom. The van der Waals surface area contributed by atoms with Gasteiger partial charge in [0.15, 0.2) is 0 Å². The summed E-state index contributed by atoms with van der Waals surface area (Å²) in [5.74, 6) is -1.79. The molecule has 27 heavy (non-hydrogen) atoms. The van der Waals surface area contributed by atoms with Crippen molar-refractivity contribution in [3.05, 3.63) is 75.8 Å². The molecule has 2 heterocycles. The Bertz CT molecular complexity index is 1160. The molecule has 0 saturated carbocycles. The lowest BCUT2D eigenvalue weighted by atomic mass is 10.2. The van der Waals surface area contributed by atoms with E-state index in [4.69, 9.17) is 9.15 Å².